The van der Waals surface area contributed by atoms with Gasteiger partial charge in [0, 0.05) is 37.9 Å². The molecule has 138 valence electrons. The van der Waals surface area contributed by atoms with Crippen molar-refractivity contribution in [2.45, 2.75) is 26.1 Å². The molecule has 27 heavy (non-hydrogen) atoms. The quantitative estimate of drug-likeness (QED) is 0.691. The van der Waals surface area contributed by atoms with Gasteiger partial charge in [-0.1, -0.05) is 24.3 Å². The number of aryl methyl sites for hydroxylation is 1. The van der Waals surface area contributed by atoms with Gasteiger partial charge in [-0.25, -0.2) is 4.39 Å². The number of nitrogens with zero attached hydrogens (tertiary/aromatic N) is 3. The number of aromatic nitrogens is 2. The zero-order valence-electron chi connectivity index (χ0n) is 14.9. The third kappa shape index (κ3) is 4.74. The summed E-state index contributed by atoms with van der Waals surface area (Å²) in [7, 11) is 0. The van der Waals surface area contributed by atoms with Gasteiger partial charge in [-0.15, -0.1) is 0 Å². The first-order chi connectivity index (χ1) is 13.0. The van der Waals surface area contributed by atoms with Crippen LogP contribution in [0.2, 0.25) is 0 Å². The highest BCUT2D eigenvalue weighted by Gasteiger charge is 2.28. The third-order valence-electron chi connectivity index (χ3n) is 4.31. The first-order valence-corrected chi connectivity index (χ1v) is 8.55. The van der Waals surface area contributed by atoms with Crippen LogP contribution in [-0.2, 0) is 17.9 Å². The van der Waals surface area contributed by atoms with Crippen molar-refractivity contribution in [2.24, 2.45) is 0 Å². The lowest BCUT2D eigenvalue weighted by atomic mass is 10.0. The minimum atomic E-state index is -0.992. The lowest BCUT2D eigenvalue weighted by Crippen LogP contribution is -2.33. The maximum atomic E-state index is 13.7. The summed E-state index contributed by atoms with van der Waals surface area (Å²) in [5, 5.41) is 9.95. The second-order valence-corrected chi connectivity index (χ2v) is 6.38. The fourth-order valence-electron chi connectivity index (χ4n) is 3.04. The summed E-state index contributed by atoms with van der Waals surface area (Å²) in [4.78, 5) is 22.2. The van der Waals surface area contributed by atoms with Gasteiger partial charge < -0.3 is 5.11 Å². The Morgan fingerprint density at radius 2 is 1.67 bits per heavy atom. The van der Waals surface area contributed by atoms with E-state index in [4.69, 9.17) is 0 Å². The third-order valence-corrected chi connectivity index (χ3v) is 4.31. The second-order valence-electron chi connectivity index (χ2n) is 6.38. The Hall–Kier alpha value is -3.12. The number of halogens is 1. The van der Waals surface area contributed by atoms with Crippen LogP contribution in [0.4, 0.5) is 4.39 Å². The molecule has 3 aromatic rings. The highest BCUT2D eigenvalue weighted by molar-refractivity contribution is 5.75. The zero-order chi connectivity index (χ0) is 19.2. The van der Waals surface area contributed by atoms with E-state index in [1.807, 2.05) is 29.2 Å². The van der Waals surface area contributed by atoms with Crippen molar-refractivity contribution in [3.05, 3.63) is 95.3 Å². The van der Waals surface area contributed by atoms with E-state index >= 15 is 0 Å². The number of rotatable bonds is 7. The van der Waals surface area contributed by atoms with Crippen molar-refractivity contribution in [3.8, 4) is 0 Å². The van der Waals surface area contributed by atoms with Gasteiger partial charge in [0.25, 0.3) is 0 Å². The van der Waals surface area contributed by atoms with Crippen molar-refractivity contribution in [1.29, 1.82) is 0 Å². The van der Waals surface area contributed by atoms with Gasteiger partial charge in [0.2, 0.25) is 0 Å². The molecule has 0 fully saturated rings. The molecule has 2 aromatic heterocycles. The standard InChI is InChI=1S/C21H20FN3O2/c1-15-10-18(6-7-19(15)22)20(21(26)27)25(13-16-4-2-8-23-11-16)14-17-5-3-9-24-12-17/h2-12,20H,13-14H2,1H3,(H,26,27)/t20-/m0/s1. The molecule has 6 heteroatoms. The Bertz CT molecular complexity index is 862. The van der Waals surface area contributed by atoms with Crippen LogP contribution in [0.15, 0.2) is 67.3 Å². The van der Waals surface area contributed by atoms with Gasteiger partial charge in [-0.05, 0) is 47.4 Å². The molecule has 1 aromatic carbocycles. The Labute approximate surface area is 157 Å². The number of hydrogen-bond acceptors (Lipinski definition) is 4. The molecule has 1 atom stereocenters. The first-order valence-electron chi connectivity index (χ1n) is 8.55. The van der Waals surface area contributed by atoms with Crippen LogP contribution in [0.5, 0.6) is 0 Å². The first kappa shape index (κ1) is 18.7. The van der Waals surface area contributed by atoms with Crippen molar-refractivity contribution in [1.82, 2.24) is 14.9 Å². The molecule has 1 N–H and O–H groups in total. The van der Waals surface area contributed by atoms with Crippen LogP contribution in [0, 0.1) is 12.7 Å². The number of carboxylic acid groups (broad SMARTS) is 1. The molecule has 5 nitrogen and oxygen atoms in total. The zero-order valence-corrected chi connectivity index (χ0v) is 14.9. The molecule has 3 rings (SSSR count). The minimum Gasteiger partial charge on any atom is -0.480 e. The van der Waals surface area contributed by atoms with E-state index in [9.17, 15) is 14.3 Å². The SMILES string of the molecule is Cc1cc([C@@H](C(=O)O)N(Cc2cccnc2)Cc2cccnc2)ccc1F. The van der Waals surface area contributed by atoms with Gasteiger partial charge in [-0.2, -0.15) is 0 Å². The number of benzene rings is 1. The number of carboxylic acids is 1. The Kier molecular flexibility index (Phi) is 5.88. The van der Waals surface area contributed by atoms with E-state index in [1.54, 1.807) is 37.8 Å². The van der Waals surface area contributed by atoms with Gasteiger partial charge in [-0.3, -0.25) is 19.7 Å². The summed E-state index contributed by atoms with van der Waals surface area (Å²) >= 11 is 0. The molecule has 0 unspecified atom stereocenters. The van der Waals surface area contributed by atoms with Crippen molar-refractivity contribution < 1.29 is 14.3 Å². The Morgan fingerprint density at radius 3 is 2.11 bits per heavy atom. The molecule has 2 heterocycles. The summed E-state index contributed by atoms with van der Waals surface area (Å²) in [6, 6.07) is 10.9. The average molecular weight is 365 g/mol. The molecule has 0 amide bonds. The van der Waals surface area contributed by atoms with Crippen LogP contribution in [0.25, 0.3) is 0 Å². The summed E-state index contributed by atoms with van der Waals surface area (Å²) in [6.07, 6.45) is 6.77. The van der Waals surface area contributed by atoms with Crippen LogP contribution >= 0.6 is 0 Å². The molecule has 0 saturated heterocycles. The predicted molar refractivity (Wildman–Crippen MR) is 99.2 cm³/mol. The summed E-state index contributed by atoms with van der Waals surface area (Å²) in [5.41, 5.74) is 2.74. The van der Waals surface area contributed by atoms with Crippen LogP contribution in [0.1, 0.15) is 28.3 Å². The fraction of sp³-hybridized carbons (Fsp3) is 0.190. The monoisotopic (exact) mass is 365 g/mol. The maximum absolute atomic E-state index is 13.7. The summed E-state index contributed by atoms with van der Waals surface area (Å²) in [5.74, 6) is -1.34. The number of pyridine rings is 2. The highest BCUT2D eigenvalue weighted by atomic mass is 19.1. The number of aliphatic carboxylic acids is 1. The van der Waals surface area contributed by atoms with Crippen molar-refractivity contribution in [3.63, 3.8) is 0 Å². The van der Waals surface area contributed by atoms with Crippen molar-refractivity contribution >= 4 is 5.97 Å². The number of carbonyl (C=O) groups is 1. The average Bonchev–Trinajstić information content (AvgIpc) is 2.66. The van der Waals surface area contributed by atoms with E-state index in [2.05, 4.69) is 9.97 Å². The Morgan fingerprint density at radius 1 is 1.07 bits per heavy atom. The number of hydrogen-bond donors (Lipinski definition) is 1. The molecule has 0 radical (unpaired) electrons. The molecule has 0 saturated carbocycles. The van der Waals surface area contributed by atoms with E-state index in [1.165, 1.54) is 12.1 Å². The highest BCUT2D eigenvalue weighted by Crippen LogP contribution is 2.27. The van der Waals surface area contributed by atoms with E-state index < -0.39 is 12.0 Å². The van der Waals surface area contributed by atoms with Gasteiger partial charge in [0.15, 0.2) is 0 Å². The summed E-state index contributed by atoms with van der Waals surface area (Å²) < 4.78 is 13.7. The van der Waals surface area contributed by atoms with Crippen LogP contribution in [-0.4, -0.2) is 25.9 Å². The topological polar surface area (TPSA) is 66.3 Å². The molecular formula is C21H20FN3O2. The van der Waals surface area contributed by atoms with E-state index in [0.717, 1.165) is 11.1 Å². The molecular weight excluding hydrogens is 345 g/mol. The molecule has 0 spiro atoms. The van der Waals surface area contributed by atoms with Crippen LogP contribution in [0.3, 0.4) is 0 Å². The maximum Gasteiger partial charge on any atom is 0.325 e. The fourth-order valence-corrected chi connectivity index (χ4v) is 3.04. The largest absolute Gasteiger partial charge is 0.480 e. The van der Waals surface area contributed by atoms with Crippen molar-refractivity contribution in [2.75, 3.05) is 0 Å². The normalized spacial score (nSPS) is 12.1. The van der Waals surface area contributed by atoms with Gasteiger partial charge >= 0.3 is 5.97 Å². The minimum absolute atomic E-state index is 0.353. The van der Waals surface area contributed by atoms with E-state index in [0.29, 0.717) is 24.2 Å². The van der Waals surface area contributed by atoms with Crippen LogP contribution < -0.4 is 0 Å². The molecule has 0 aliphatic carbocycles. The molecule has 0 aliphatic heterocycles. The molecule has 0 aliphatic rings. The lowest BCUT2D eigenvalue weighted by Gasteiger charge is -2.29. The van der Waals surface area contributed by atoms with Gasteiger partial charge in [0.05, 0.1) is 0 Å². The van der Waals surface area contributed by atoms with E-state index in [-0.39, 0.29) is 5.82 Å². The lowest BCUT2D eigenvalue weighted by molar-refractivity contribution is -0.144. The van der Waals surface area contributed by atoms with Gasteiger partial charge in [0.1, 0.15) is 11.9 Å². The Balaban J connectivity index is 1.98. The molecule has 0 bridgehead atoms. The second kappa shape index (κ2) is 8.51. The summed E-state index contributed by atoms with van der Waals surface area (Å²) in [6.45, 7) is 2.40. The smallest absolute Gasteiger partial charge is 0.325 e. The predicted octanol–water partition coefficient (Wildman–Crippen LogP) is 3.75.